The third-order valence-corrected chi connectivity index (χ3v) is 5.77. The molecule has 0 atom stereocenters. The molecule has 0 aliphatic carbocycles. The zero-order valence-electron chi connectivity index (χ0n) is 14.7. The average molecular weight is 487 g/mol. The predicted molar refractivity (Wildman–Crippen MR) is 118 cm³/mol. The fourth-order valence-corrected chi connectivity index (χ4v) is 3.69. The van der Waals surface area contributed by atoms with Crippen molar-refractivity contribution < 1.29 is 4.79 Å². The molecular weight excluding hydrogens is 469 g/mol. The Hall–Kier alpha value is -1.60. The number of nitrogens with zero attached hydrogens (tertiary/aromatic N) is 2. The second-order valence-corrected chi connectivity index (χ2v) is 8.01. The van der Waals surface area contributed by atoms with E-state index in [4.69, 9.17) is 11.6 Å². The van der Waals surface area contributed by atoms with E-state index in [1.165, 1.54) is 11.3 Å². The summed E-state index contributed by atoms with van der Waals surface area (Å²) in [6, 6.07) is 13.3. The summed E-state index contributed by atoms with van der Waals surface area (Å²) in [7, 11) is 1.92. The molecule has 0 saturated heterocycles. The average Bonchev–Trinajstić information content (AvgIpc) is 2.93. The van der Waals surface area contributed by atoms with E-state index in [1.54, 1.807) is 6.07 Å². The van der Waals surface area contributed by atoms with Crippen molar-refractivity contribution in [1.29, 1.82) is 0 Å². The maximum atomic E-state index is 12.3. The molecule has 0 aliphatic heterocycles. The Morgan fingerprint density at radius 3 is 2.63 bits per heavy atom. The summed E-state index contributed by atoms with van der Waals surface area (Å²) in [6.45, 7) is 1.93. The van der Waals surface area contributed by atoms with Crippen molar-refractivity contribution in [3.63, 3.8) is 0 Å². The highest BCUT2D eigenvalue weighted by Gasteiger charge is 2.09. The molecule has 0 radical (unpaired) electrons. The summed E-state index contributed by atoms with van der Waals surface area (Å²) in [4.78, 5) is 17.8. The van der Waals surface area contributed by atoms with E-state index < -0.39 is 0 Å². The van der Waals surface area contributed by atoms with Crippen molar-refractivity contribution >= 4 is 68.6 Å². The van der Waals surface area contributed by atoms with Crippen LogP contribution in [0.1, 0.15) is 11.3 Å². The van der Waals surface area contributed by atoms with Gasteiger partial charge in [-0.2, -0.15) is 0 Å². The molecule has 0 bridgehead atoms. The highest BCUT2D eigenvalue weighted by atomic mass is 79.9. The Balaban J connectivity index is 0.00000261. The van der Waals surface area contributed by atoms with Gasteiger partial charge in [0.25, 0.3) is 0 Å². The van der Waals surface area contributed by atoms with Crippen LogP contribution in [0, 0.1) is 6.92 Å². The fraction of sp³-hybridized carbons (Fsp3) is 0.158. The van der Waals surface area contributed by atoms with E-state index in [0.29, 0.717) is 10.7 Å². The quantitative estimate of drug-likeness (QED) is 0.509. The topological polar surface area (TPSA) is 46.4 Å². The molecule has 27 heavy (non-hydrogen) atoms. The van der Waals surface area contributed by atoms with Gasteiger partial charge in [0, 0.05) is 33.3 Å². The molecule has 1 heterocycles. The third-order valence-electron chi connectivity index (χ3n) is 3.87. The zero-order valence-corrected chi connectivity index (χ0v) is 18.7. The third kappa shape index (κ3) is 5.69. The summed E-state index contributed by atoms with van der Waals surface area (Å²) in [6.07, 6.45) is 0.272. The number of hydrogen-bond acceptors (Lipinski definition) is 3. The molecule has 0 unspecified atom stereocenters. The van der Waals surface area contributed by atoms with E-state index in [1.807, 2.05) is 60.3 Å². The Bertz CT molecular complexity index is 1010. The van der Waals surface area contributed by atoms with Crippen LogP contribution in [-0.2, 0) is 18.3 Å². The Kier molecular flexibility index (Phi) is 7.68. The van der Waals surface area contributed by atoms with Gasteiger partial charge in [0.15, 0.2) is 4.80 Å². The van der Waals surface area contributed by atoms with Crippen LogP contribution in [0.5, 0.6) is 0 Å². The number of benzene rings is 2. The van der Waals surface area contributed by atoms with E-state index in [0.717, 1.165) is 26.2 Å². The monoisotopic (exact) mass is 485 g/mol. The van der Waals surface area contributed by atoms with Gasteiger partial charge in [0.2, 0.25) is 5.91 Å². The standard InChI is InChI=1S/C19H17BrClN3OS.ClH/c1-12-3-6-15(9-17(12)21)22-18(25)10-16-11-26-19(24(16)2)23-14-7-4-13(20)5-8-14;/h3-9,11H,10H2,1-2H3,(H,22,25);1H. The Morgan fingerprint density at radius 2 is 1.96 bits per heavy atom. The van der Waals surface area contributed by atoms with Gasteiger partial charge in [0.1, 0.15) is 0 Å². The van der Waals surface area contributed by atoms with Crippen LogP contribution < -0.4 is 10.1 Å². The summed E-state index contributed by atoms with van der Waals surface area (Å²) in [5.74, 6) is -0.0893. The van der Waals surface area contributed by atoms with Gasteiger partial charge in [-0.3, -0.25) is 4.79 Å². The number of halogens is 3. The lowest BCUT2D eigenvalue weighted by atomic mass is 10.2. The number of anilines is 1. The van der Waals surface area contributed by atoms with Crippen molar-refractivity contribution in [2.45, 2.75) is 13.3 Å². The number of thiazole rings is 1. The number of rotatable bonds is 4. The molecule has 3 aromatic rings. The summed E-state index contributed by atoms with van der Waals surface area (Å²) < 4.78 is 2.95. The molecule has 8 heteroatoms. The fourth-order valence-electron chi connectivity index (χ4n) is 2.33. The van der Waals surface area contributed by atoms with Crippen molar-refractivity contribution in [2.24, 2.45) is 12.0 Å². The molecule has 3 rings (SSSR count). The van der Waals surface area contributed by atoms with E-state index in [2.05, 4.69) is 26.2 Å². The molecule has 1 aromatic heterocycles. The minimum absolute atomic E-state index is 0. The first-order valence-corrected chi connectivity index (χ1v) is 9.97. The van der Waals surface area contributed by atoms with Gasteiger partial charge >= 0.3 is 0 Å². The second kappa shape index (κ2) is 9.55. The predicted octanol–water partition coefficient (Wildman–Crippen LogP) is 5.65. The molecular formula is C19H18BrCl2N3OS. The number of carbonyl (C=O) groups excluding carboxylic acids is 1. The van der Waals surface area contributed by atoms with Crippen LogP contribution in [0.2, 0.25) is 5.02 Å². The van der Waals surface area contributed by atoms with Gasteiger partial charge in [-0.05, 0) is 48.9 Å². The van der Waals surface area contributed by atoms with Crippen LogP contribution in [-0.4, -0.2) is 10.5 Å². The molecule has 4 nitrogen and oxygen atoms in total. The van der Waals surface area contributed by atoms with Gasteiger partial charge < -0.3 is 9.88 Å². The van der Waals surface area contributed by atoms with Gasteiger partial charge in [-0.1, -0.05) is 33.6 Å². The molecule has 1 amide bonds. The number of aryl methyl sites for hydroxylation is 1. The van der Waals surface area contributed by atoms with Crippen molar-refractivity contribution in [1.82, 2.24) is 4.57 Å². The van der Waals surface area contributed by atoms with Crippen molar-refractivity contribution in [3.05, 3.63) is 73.4 Å². The Morgan fingerprint density at radius 1 is 1.26 bits per heavy atom. The van der Waals surface area contributed by atoms with Crippen LogP contribution >= 0.6 is 51.3 Å². The van der Waals surface area contributed by atoms with Crippen LogP contribution in [0.3, 0.4) is 0 Å². The molecule has 0 aliphatic rings. The van der Waals surface area contributed by atoms with Crippen molar-refractivity contribution in [2.75, 3.05) is 5.32 Å². The Labute approximate surface area is 181 Å². The summed E-state index contributed by atoms with van der Waals surface area (Å²) in [5, 5.41) is 5.48. The number of amides is 1. The minimum atomic E-state index is -0.0893. The number of hydrogen-bond donors (Lipinski definition) is 1. The zero-order chi connectivity index (χ0) is 18.7. The first-order chi connectivity index (χ1) is 12.4. The highest BCUT2D eigenvalue weighted by molar-refractivity contribution is 9.10. The first kappa shape index (κ1) is 21.7. The first-order valence-electron chi connectivity index (χ1n) is 7.92. The molecule has 0 saturated carbocycles. The van der Waals surface area contributed by atoms with Crippen molar-refractivity contribution in [3.8, 4) is 0 Å². The smallest absolute Gasteiger partial charge is 0.230 e. The maximum absolute atomic E-state index is 12.3. The molecule has 0 spiro atoms. The maximum Gasteiger partial charge on any atom is 0.230 e. The normalized spacial score (nSPS) is 11.2. The van der Waals surface area contributed by atoms with Gasteiger partial charge in [-0.25, -0.2) is 4.99 Å². The molecule has 2 aromatic carbocycles. The SMILES string of the molecule is Cc1ccc(NC(=O)Cc2csc(=Nc3ccc(Br)cc3)n2C)cc1Cl.Cl. The number of aromatic nitrogens is 1. The lowest BCUT2D eigenvalue weighted by molar-refractivity contribution is -0.115. The van der Waals surface area contributed by atoms with E-state index >= 15 is 0 Å². The minimum Gasteiger partial charge on any atom is -0.326 e. The van der Waals surface area contributed by atoms with Gasteiger partial charge in [-0.15, -0.1) is 23.7 Å². The molecule has 0 fully saturated rings. The number of nitrogens with one attached hydrogen (secondary N) is 1. The highest BCUT2D eigenvalue weighted by Crippen LogP contribution is 2.20. The largest absolute Gasteiger partial charge is 0.326 e. The molecule has 142 valence electrons. The molecule has 1 N–H and O–H groups in total. The second-order valence-electron chi connectivity index (χ2n) is 5.85. The van der Waals surface area contributed by atoms with E-state index in [9.17, 15) is 4.79 Å². The van der Waals surface area contributed by atoms with Crippen LogP contribution in [0.15, 0.2) is 57.3 Å². The number of carbonyl (C=O) groups is 1. The van der Waals surface area contributed by atoms with E-state index in [-0.39, 0.29) is 24.7 Å². The van der Waals surface area contributed by atoms with Gasteiger partial charge in [0.05, 0.1) is 12.1 Å². The summed E-state index contributed by atoms with van der Waals surface area (Å²) in [5.41, 5.74) is 3.45. The lowest BCUT2D eigenvalue weighted by Gasteiger charge is -2.07. The van der Waals surface area contributed by atoms with Crippen LogP contribution in [0.25, 0.3) is 0 Å². The van der Waals surface area contributed by atoms with Crippen LogP contribution in [0.4, 0.5) is 11.4 Å². The summed E-state index contributed by atoms with van der Waals surface area (Å²) >= 11 is 11.0. The lowest BCUT2D eigenvalue weighted by Crippen LogP contribution is -2.19.